The van der Waals surface area contributed by atoms with Gasteiger partial charge in [0.15, 0.2) is 0 Å². The van der Waals surface area contributed by atoms with E-state index in [0.29, 0.717) is 0 Å². The minimum Gasteiger partial charge on any atom is -0.447 e. The third-order valence-corrected chi connectivity index (χ3v) is 0.352. The fourth-order valence-corrected chi connectivity index (χ4v) is 0.262. The quantitative estimate of drug-likeness (QED) is 0.371. The molecule has 0 rings (SSSR count). The molecule has 4 heteroatoms. The molecule has 0 saturated carbocycles. The predicted molar refractivity (Wildman–Crippen MR) is 25.4 cm³/mol. The molecule has 0 aromatic carbocycles. The molecule has 8 heavy (non-hydrogen) atoms. The van der Waals surface area contributed by atoms with Gasteiger partial charge in [-0.1, -0.05) is 0 Å². The molecule has 0 aromatic rings. The van der Waals surface area contributed by atoms with Crippen LogP contribution in [-0.4, -0.2) is 12.2 Å². The average molecular weight is 210 g/mol. The van der Waals surface area contributed by atoms with Gasteiger partial charge in [-0.2, -0.15) is 0 Å². The predicted octanol–water partition coefficient (Wildman–Crippen LogP) is -0.148. The van der Waals surface area contributed by atoms with Crippen molar-refractivity contribution in [3.05, 3.63) is 0 Å². The summed E-state index contributed by atoms with van der Waals surface area (Å²) in [7, 11) is 0. The molecular formula is C4H9NO2Pd. The molecule has 0 heterocycles. The maximum atomic E-state index is 9.95. The molecule has 52 valence electrons. The first-order chi connectivity index (χ1) is 3.13. The third-order valence-electron chi connectivity index (χ3n) is 0.352. The Morgan fingerprint density at radius 3 is 2.12 bits per heavy atom. The fraction of sp³-hybridized carbons (Fsp3) is 0.750. The zero-order valence-corrected chi connectivity index (χ0v) is 6.34. The number of ether oxygens (including phenoxy) is 1. The van der Waals surface area contributed by atoms with Gasteiger partial charge in [-0.15, -0.1) is 0 Å². The number of esters is 1. The molecule has 0 aliphatic heterocycles. The SMILES string of the molecule is CC(=O)OC(C)N.[Pd]. The van der Waals surface area contributed by atoms with Crippen molar-refractivity contribution in [3.63, 3.8) is 0 Å². The van der Waals surface area contributed by atoms with Crippen LogP contribution in [0, 0.1) is 0 Å². The van der Waals surface area contributed by atoms with E-state index >= 15 is 0 Å². The van der Waals surface area contributed by atoms with Crippen LogP contribution in [0.2, 0.25) is 0 Å². The number of rotatable bonds is 1. The number of nitrogens with two attached hydrogens (primary N) is 1. The monoisotopic (exact) mass is 209 g/mol. The Morgan fingerprint density at radius 1 is 1.75 bits per heavy atom. The molecule has 0 radical (unpaired) electrons. The van der Waals surface area contributed by atoms with Crippen molar-refractivity contribution in [2.24, 2.45) is 5.73 Å². The molecule has 0 aromatic heterocycles. The van der Waals surface area contributed by atoms with Gasteiger partial charge in [0.1, 0.15) is 6.23 Å². The van der Waals surface area contributed by atoms with Crippen molar-refractivity contribution in [1.82, 2.24) is 0 Å². The van der Waals surface area contributed by atoms with Crippen molar-refractivity contribution in [2.45, 2.75) is 20.1 Å². The van der Waals surface area contributed by atoms with Gasteiger partial charge >= 0.3 is 5.97 Å². The van der Waals surface area contributed by atoms with Crippen LogP contribution in [0.4, 0.5) is 0 Å². The first-order valence-electron chi connectivity index (χ1n) is 2.05. The molecule has 0 spiro atoms. The summed E-state index contributed by atoms with van der Waals surface area (Å²) in [5.41, 5.74) is 5.05. The zero-order chi connectivity index (χ0) is 5.86. The molecule has 0 bridgehead atoms. The summed E-state index contributed by atoms with van der Waals surface area (Å²) in [4.78, 5) is 9.95. The number of hydrogen-bond donors (Lipinski definition) is 1. The Kier molecular flexibility index (Phi) is 7.17. The van der Waals surface area contributed by atoms with Crippen molar-refractivity contribution in [2.75, 3.05) is 0 Å². The first-order valence-corrected chi connectivity index (χ1v) is 2.05. The van der Waals surface area contributed by atoms with Crippen LogP contribution in [0.5, 0.6) is 0 Å². The second-order valence-corrected chi connectivity index (χ2v) is 1.31. The van der Waals surface area contributed by atoms with Crippen LogP contribution in [0.3, 0.4) is 0 Å². The summed E-state index contributed by atoms with van der Waals surface area (Å²) < 4.78 is 4.39. The van der Waals surface area contributed by atoms with E-state index in [1.54, 1.807) is 6.92 Å². The minimum absolute atomic E-state index is 0. The summed E-state index contributed by atoms with van der Waals surface area (Å²) in [5, 5.41) is 0. The minimum atomic E-state index is -0.475. The van der Waals surface area contributed by atoms with Gasteiger partial charge in [0, 0.05) is 27.3 Å². The Morgan fingerprint density at radius 2 is 2.12 bits per heavy atom. The summed E-state index contributed by atoms with van der Waals surface area (Å²) in [6, 6.07) is 0. The van der Waals surface area contributed by atoms with Crippen LogP contribution < -0.4 is 5.73 Å². The smallest absolute Gasteiger partial charge is 0.304 e. The summed E-state index contributed by atoms with van der Waals surface area (Å²) in [5.74, 6) is -0.338. The van der Waals surface area contributed by atoms with Crippen molar-refractivity contribution in [3.8, 4) is 0 Å². The summed E-state index contributed by atoms with van der Waals surface area (Å²) in [6.45, 7) is 2.92. The van der Waals surface area contributed by atoms with Crippen LogP contribution in [0.25, 0.3) is 0 Å². The van der Waals surface area contributed by atoms with Gasteiger partial charge in [0.2, 0.25) is 0 Å². The Labute approximate surface area is 62.2 Å². The molecule has 3 nitrogen and oxygen atoms in total. The number of carbonyl (C=O) groups excluding carboxylic acids is 1. The van der Waals surface area contributed by atoms with Crippen molar-refractivity contribution in [1.29, 1.82) is 0 Å². The molecule has 2 N–H and O–H groups in total. The Hall–Kier alpha value is 0.0923. The Balaban J connectivity index is 0. The molecule has 1 atom stereocenters. The topological polar surface area (TPSA) is 52.3 Å². The molecule has 0 amide bonds. The van der Waals surface area contributed by atoms with Gasteiger partial charge in [0.05, 0.1) is 0 Å². The second-order valence-electron chi connectivity index (χ2n) is 1.31. The Bertz CT molecular complexity index is 74.4. The van der Waals surface area contributed by atoms with Crippen LogP contribution in [0.1, 0.15) is 13.8 Å². The maximum absolute atomic E-state index is 9.95. The third kappa shape index (κ3) is 9.43. The standard InChI is InChI=1S/C4H9NO2.Pd/c1-3(5)7-4(2)6;/h3H,5H2,1-2H3;. The van der Waals surface area contributed by atoms with Gasteiger partial charge in [-0.25, -0.2) is 0 Å². The van der Waals surface area contributed by atoms with Gasteiger partial charge in [-0.3, -0.25) is 10.5 Å². The molecular weight excluding hydrogens is 200 g/mol. The largest absolute Gasteiger partial charge is 0.447 e. The van der Waals surface area contributed by atoms with Crippen molar-refractivity contribution >= 4 is 5.97 Å². The van der Waals surface area contributed by atoms with E-state index in [1.165, 1.54) is 6.92 Å². The molecule has 1 unspecified atom stereocenters. The van der Waals surface area contributed by atoms with Gasteiger partial charge in [0.25, 0.3) is 0 Å². The number of hydrogen-bond acceptors (Lipinski definition) is 3. The zero-order valence-electron chi connectivity index (χ0n) is 4.79. The van der Waals surface area contributed by atoms with Crippen molar-refractivity contribution < 1.29 is 30.0 Å². The molecule has 0 fully saturated rings. The number of carbonyl (C=O) groups is 1. The van der Waals surface area contributed by atoms with E-state index in [4.69, 9.17) is 5.73 Å². The van der Waals surface area contributed by atoms with E-state index in [9.17, 15) is 4.79 Å². The normalized spacial score (nSPS) is 11.4. The average Bonchev–Trinajstić information content (AvgIpc) is 1.27. The fourth-order valence-electron chi connectivity index (χ4n) is 0.262. The van der Waals surface area contributed by atoms with Gasteiger partial charge in [-0.05, 0) is 6.92 Å². The summed E-state index contributed by atoms with van der Waals surface area (Å²) >= 11 is 0. The van der Waals surface area contributed by atoms with E-state index in [0.717, 1.165) is 0 Å². The van der Waals surface area contributed by atoms with E-state index < -0.39 is 6.23 Å². The first kappa shape index (κ1) is 11.0. The molecule has 0 saturated heterocycles. The maximum Gasteiger partial charge on any atom is 0.304 e. The molecule has 0 aliphatic carbocycles. The molecule has 0 aliphatic rings. The summed E-state index contributed by atoms with van der Waals surface area (Å²) in [6.07, 6.45) is -0.475. The van der Waals surface area contributed by atoms with Crippen LogP contribution in [0.15, 0.2) is 0 Å². The van der Waals surface area contributed by atoms with Crippen LogP contribution in [-0.2, 0) is 30.0 Å². The van der Waals surface area contributed by atoms with Crippen LogP contribution >= 0.6 is 0 Å². The van der Waals surface area contributed by atoms with E-state index in [-0.39, 0.29) is 26.4 Å². The van der Waals surface area contributed by atoms with E-state index in [2.05, 4.69) is 4.74 Å². The van der Waals surface area contributed by atoms with E-state index in [1.807, 2.05) is 0 Å². The van der Waals surface area contributed by atoms with Gasteiger partial charge < -0.3 is 4.74 Å². The second kappa shape index (κ2) is 5.23.